The normalized spacial score (nSPS) is 23.0. The fourth-order valence-corrected chi connectivity index (χ4v) is 5.56. The van der Waals surface area contributed by atoms with Crippen LogP contribution in [0.3, 0.4) is 0 Å². The number of alkyl halides is 3. The van der Waals surface area contributed by atoms with Crippen LogP contribution in [0.4, 0.5) is 13.2 Å². The Morgan fingerprint density at radius 2 is 2.00 bits per heavy atom. The minimum atomic E-state index is -2.51. The Hall–Kier alpha value is -2.53. The first-order chi connectivity index (χ1) is 17.3. The zero-order valence-electron chi connectivity index (χ0n) is 20.4. The molecular formula is C25H32F3N5O2S. The van der Waals surface area contributed by atoms with Gasteiger partial charge in [0.25, 0.3) is 11.6 Å². The van der Waals surface area contributed by atoms with E-state index >= 15 is 4.39 Å². The lowest BCUT2D eigenvalue weighted by molar-refractivity contribution is -0.117. The minimum absolute atomic E-state index is 0.0259. The van der Waals surface area contributed by atoms with Gasteiger partial charge in [-0.2, -0.15) is 0 Å². The fraction of sp³-hybridized carbons (Fsp3) is 0.600. The van der Waals surface area contributed by atoms with E-state index in [2.05, 4.69) is 25.2 Å². The number of nitrogens with one attached hydrogen (secondary N) is 1. The van der Waals surface area contributed by atoms with Crippen molar-refractivity contribution in [2.75, 3.05) is 26.2 Å². The lowest BCUT2D eigenvalue weighted by Crippen LogP contribution is -2.42. The summed E-state index contributed by atoms with van der Waals surface area (Å²) in [4.78, 5) is 28.1. The summed E-state index contributed by atoms with van der Waals surface area (Å²) in [5, 5.41) is 3.28. The Morgan fingerprint density at radius 1 is 1.28 bits per heavy atom. The van der Waals surface area contributed by atoms with Crippen molar-refractivity contribution in [3.8, 4) is 5.19 Å². The van der Waals surface area contributed by atoms with Crippen molar-refractivity contribution in [1.29, 1.82) is 0 Å². The molecular weight excluding hydrogens is 491 g/mol. The molecule has 36 heavy (non-hydrogen) atoms. The molecule has 0 aromatic carbocycles. The first-order valence-corrected chi connectivity index (χ1v) is 13.2. The molecule has 4 rings (SSSR count). The van der Waals surface area contributed by atoms with Gasteiger partial charge in [-0.3, -0.25) is 4.79 Å². The lowest BCUT2D eigenvalue weighted by atomic mass is 9.81. The summed E-state index contributed by atoms with van der Waals surface area (Å²) >= 11 is 1.33. The zero-order chi connectivity index (χ0) is 25.5. The Labute approximate surface area is 213 Å². The molecule has 1 saturated carbocycles. The van der Waals surface area contributed by atoms with Crippen molar-refractivity contribution in [3.05, 3.63) is 40.4 Å². The summed E-state index contributed by atoms with van der Waals surface area (Å²) in [6, 6.07) is -0.0259. The molecule has 1 amide bonds. The molecule has 7 nitrogen and oxygen atoms in total. The van der Waals surface area contributed by atoms with Gasteiger partial charge in [0.05, 0.1) is 5.69 Å². The van der Waals surface area contributed by atoms with E-state index in [0.29, 0.717) is 56.1 Å². The van der Waals surface area contributed by atoms with Crippen molar-refractivity contribution in [2.45, 2.75) is 70.0 Å². The fourth-order valence-electron chi connectivity index (χ4n) is 4.60. The molecule has 1 aliphatic heterocycles. The molecule has 196 valence electrons. The van der Waals surface area contributed by atoms with E-state index in [1.807, 2.05) is 0 Å². The monoisotopic (exact) mass is 523 g/mol. The molecule has 3 heterocycles. The lowest BCUT2D eigenvalue weighted by Gasteiger charge is -2.35. The number of carbonyl (C=O) groups is 1. The Balaban J connectivity index is 1.17. The number of nitrogens with zero attached hydrogens (tertiary/aromatic N) is 4. The third-order valence-corrected chi connectivity index (χ3v) is 7.81. The zero-order valence-corrected chi connectivity index (χ0v) is 21.2. The second kappa shape index (κ2) is 12.1. The minimum Gasteiger partial charge on any atom is -0.464 e. The van der Waals surface area contributed by atoms with Gasteiger partial charge in [-0.1, -0.05) is 11.3 Å². The first kappa shape index (κ1) is 26.5. The van der Waals surface area contributed by atoms with Crippen LogP contribution in [0, 0.1) is 6.92 Å². The predicted molar refractivity (Wildman–Crippen MR) is 132 cm³/mol. The number of hydrogen-bond acceptors (Lipinski definition) is 7. The molecule has 0 spiro atoms. The van der Waals surface area contributed by atoms with Crippen LogP contribution in [0.2, 0.25) is 0 Å². The van der Waals surface area contributed by atoms with Crippen LogP contribution < -0.4 is 10.1 Å². The highest BCUT2D eigenvalue weighted by molar-refractivity contribution is 7.13. The van der Waals surface area contributed by atoms with Crippen LogP contribution in [0.1, 0.15) is 54.1 Å². The summed E-state index contributed by atoms with van der Waals surface area (Å²) in [5.41, 5.74) is 0.436. The maximum Gasteiger partial charge on any atom is 0.273 e. The molecule has 0 saturated heterocycles. The third kappa shape index (κ3) is 7.73. The van der Waals surface area contributed by atoms with Crippen LogP contribution in [-0.4, -0.2) is 70.1 Å². The molecule has 2 aliphatic rings. The standard InChI is InChI=1S/C25H32F3N5O2S/c1-17-29-14-18(15-30-17)2-3-23(34)31-19-4-8-25(28,9-5-19)10-13-33-11-6-20-21(7-12-33)36-24(32-20)35-16-22(26)27/h2-3,14-15,19,22H,4-13,16H2,1H3,(H,31,34)/b3-2+/t19-,25+. The Bertz CT molecular complexity index is 1010. The molecule has 1 fully saturated rings. The molecule has 0 bridgehead atoms. The molecule has 1 N–H and O–H groups in total. The molecule has 0 atom stereocenters. The first-order valence-electron chi connectivity index (χ1n) is 12.4. The highest BCUT2D eigenvalue weighted by Crippen LogP contribution is 2.35. The molecule has 2 aromatic heterocycles. The number of hydrogen-bond donors (Lipinski definition) is 1. The summed E-state index contributed by atoms with van der Waals surface area (Å²) in [6.07, 6.45) is 7.97. The van der Waals surface area contributed by atoms with E-state index in [9.17, 15) is 13.6 Å². The quantitative estimate of drug-likeness (QED) is 0.498. The van der Waals surface area contributed by atoms with Crippen LogP contribution >= 0.6 is 11.3 Å². The number of aromatic nitrogens is 3. The Morgan fingerprint density at radius 3 is 2.72 bits per heavy atom. The van der Waals surface area contributed by atoms with E-state index in [0.717, 1.165) is 35.6 Å². The maximum atomic E-state index is 15.5. The highest BCUT2D eigenvalue weighted by atomic mass is 32.1. The van der Waals surface area contributed by atoms with Crippen molar-refractivity contribution in [2.24, 2.45) is 0 Å². The number of ether oxygens (including phenoxy) is 1. The van der Waals surface area contributed by atoms with E-state index in [1.54, 1.807) is 25.4 Å². The number of rotatable bonds is 9. The SMILES string of the molecule is Cc1ncc(/C=C/C(=O)N[C@H]2CC[C@](F)(CCN3CCc4nc(OCC(F)F)sc4CC3)CC2)cn1. The number of carbonyl (C=O) groups excluding carboxylic acids is 1. The second-order valence-electron chi connectivity index (χ2n) is 9.47. The molecule has 2 aromatic rings. The van der Waals surface area contributed by atoms with E-state index in [4.69, 9.17) is 4.74 Å². The van der Waals surface area contributed by atoms with E-state index in [1.165, 1.54) is 17.4 Å². The second-order valence-corrected chi connectivity index (χ2v) is 10.5. The van der Waals surface area contributed by atoms with Crippen molar-refractivity contribution in [1.82, 2.24) is 25.2 Å². The van der Waals surface area contributed by atoms with Gasteiger partial charge in [-0.25, -0.2) is 28.1 Å². The smallest absolute Gasteiger partial charge is 0.273 e. The Kier molecular flexibility index (Phi) is 8.95. The van der Waals surface area contributed by atoms with Gasteiger partial charge in [0.2, 0.25) is 5.91 Å². The van der Waals surface area contributed by atoms with Crippen LogP contribution in [0.25, 0.3) is 6.08 Å². The average Bonchev–Trinajstić information content (AvgIpc) is 3.15. The largest absolute Gasteiger partial charge is 0.464 e. The van der Waals surface area contributed by atoms with E-state index < -0.39 is 18.7 Å². The number of thiazole rings is 1. The van der Waals surface area contributed by atoms with Crippen LogP contribution in [0.15, 0.2) is 18.5 Å². The van der Waals surface area contributed by atoms with Crippen molar-refractivity contribution in [3.63, 3.8) is 0 Å². The number of fused-ring (bicyclic) bond motifs is 1. The van der Waals surface area contributed by atoms with Gasteiger partial charge < -0.3 is 15.0 Å². The highest BCUT2D eigenvalue weighted by Gasteiger charge is 2.36. The summed E-state index contributed by atoms with van der Waals surface area (Å²) in [5.74, 6) is 0.479. The van der Waals surface area contributed by atoms with Crippen LogP contribution in [0.5, 0.6) is 5.19 Å². The van der Waals surface area contributed by atoms with Gasteiger partial charge in [0.15, 0.2) is 6.61 Å². The molecule has 0 radical (unpaired) electrons. The maximum absolute atomic E-state index is 15.5. The predicted octanol–water partition coefficient (Wildman–Crippen LogP) is 4.16. The van der Waals surface area contributed by atoms with Gasteiger partial charge in [-0.05, 0) is 51.5 Å². The molecule has 0 unspecified atom stereocenters. The summed E-state index contributed by atoms with van der Waals surface area (Å²) < 4.78 is 45.3. The molecule has 11 heteroatoms. The van der Waals surface area contributed by atoms with E-state index in [-0.39, 0.29) is 11.9 Å². The van der Waals surface area contributed by atoms with Gasteiger partial charge >= 0.3 is 0 Å². The van der Waals surface area contributed by atoms with Crippen LogP contribution in [-0.2, 0) is 17.6 Å². The van der Waals surface area contributed by atoms with Gasteiger partial charge in [-0.15, -0.1) is 0 Å². The topological polar surface area (TPSA) is 80.2 Å². The summed E-state index contributed by atoms with van der Waals surface area (Å²) in [6.45, 7) is 3.38. The number of halogens is 3. The number of aryl methyl sites for hydroxylation is 1. The van der Waals surface area contributed by atoms with Crippen molar-refractivity contribution < 1.29 is 22.7 Å². The van der Waals surface area contributed by atoms with Gasteiger partial charge in [0, 0.05) is 61.0 Å². The third-order valence-electron chi connectivity index (χ3n) is 6.74. The summed E-state index contributed by atoms with van der Waals surface area (Å²) in [7, 11) is 0. The van der Waals surface area contributed by atoms with Gasteiger partial charge in [0.1, 0.15) is 11.5 Å². The van der Waals surface area contributed by atoms with Crippen molar-refractivity contribution >= 4 is 23.3 Å². The molecule has 1 aliphatic carbocycles. The number of amides is 1. The average molecular weight is 524 g/mol.